The highest BCUT2D eigenvalue weighted by molar-refractivity contribution is 7.98. The molecule has 3 rings (SSSR count). The number of anilines is 1. The molecule has 0 aliphatic heterocycles. The van der Waals surface area contributed by atoms with Gasteiger partial charge in [-0.15, -0.1) is 0 Å². The number of thioether (sulfide) groups is 1. The number of nitrogens with zero attached hydrogens (tertiary/aromatic N) is 3. The third-order valence-corrected chi connectivity index (χ3v) is 4.01. The molecule has 3 aromatic rings. The molecule has 3 aromatic heterocycles. The molecular weight excluding hydrogens is 300 g/mol. The molecule has 7 heteroatoms. The van der Waals surface area contributed by atoms with Gasteiger partial charge in [-0.2, -0.15) is 0 Å². The zero-order valence-corrected chi connectivity index (χ0v) is 12.7. The lowest BCUT2D eigenvalue weighted by atomic mass is 10.3. The van der Waals surface area contributed by atoms with Gasteiger partial charge in [0.1, 0.15) is 5.76 Å². The van der Waals surface area contributed by atoms with Crippen LogP contribution in [0.25, 0.3) is 0 Å². The van der Waals surface area contributed by atoms with Gasteiger partial charge in [-0.3, -0.25) is 9.78 Å². The van der Waals surface area contributed by atoms with Crippen molar-refractivity contribution in [3.63, 3.8) is 0 Å². The van der Waals surface area contributed by atoms with E-state index < -0.39 is 0 Å². The molecule has 0 fully saturated rings. The van der Waals surface area contributed by atoms with Crippen molar-refractivity contribution in [1.29, 1.82) is 0 Å². The molecule has 0 spiro atoms. The molecule has 22 heavy (non-hydrogen) atoms. The Bertz CT molecular complexity index is 767. The summed E-state index contributed by atoms with van der Waals surface area (Å²) in [5.41, 5.74) is 0.632. The number of rotatable bonds is 5. The van der Waals surface area contributed by atoms with Crippen LogP contribution >= 0.6 is 11.8 Å². The highest BCUT2D eigenvalue weighted by atomic mass is 32.2. The Labute approximate surface area is 131 Å². The standard InChI is InChI=1S/C15H14N4O2S/c1-19-8-7-17-15(19)22-10-12-4-5-13(21-12)14(20)18-11-3-2-6-16-9-11/h2-9H,10H2,1H3,(H,18,20). The van der Waals surface area contributed by atoms with Gasteiger partial charge in [0.25, 0.3) is 5.91 Å². The lowest BCUT2D eigenvalue weighted by Crippen LogP contribution is -2.10. The van der Waals surface area contributed by atoms with Gasteiger partial charge in [-0.05, 0) is 24.3 Å². The summed E-state index contributed by atoms with van der Waals surface area (Å²) in [6.07, 6.45) is 6.86. The maximum Gasteiger partial charge on any atom is 0.291 e. The van der Waals surface area contributed by atoms with E-state index in [-0.39, 0.29) is 11.7 Å². The molecule has 1 amide bonds. The lowest BCUT2D eigenvalue weighted by molar-refractivity contribution is 0.0995. The summed E-state index contributed by atoms with van der Waals surface area (Å²) in [6.45, 7) is 0. The third-order valence-electron chi connectivity index (χ3n) is 2.93. The Hall–Kier alpha value is -2.54. The second-order valence-corrected chi connectivity index (χ2v) is 5.51. The van der Waals surface area contributed by atoms with Crippen LogP contribution in [-0.4, -0.2) is 20.4 Å². The number of imidazole rings is 1. The number of carbonyl (C=O) groups excluding carboxylic acids is 1. The van der Waals surface area contributed by atoms with Crippen LogP contribution in [0.1, 0.15) is 16.3 Å². The Morgan fingerprint density at radius 2 is 2.27 bits per heavy atom. The smallest absolute Gasteiger partial charge is 0.291 e. The zero-order valence-electron chi connectivity index (χ0n) is 11.9. The molecule has 0 aliphatic rings. The minimum atomic E-state index is -0.291. The minimum Gasteiger partial charge on any atom is -0.455 e. The molecule has 112 valence electrons. The van der Waals surface area contributed by atoms with Crippen LogP contribution in [0.2, 0.25) is 0 Å². The number of hydrogen-bond acceptors (Lipinski definition) is 5. The summed E-state index contributed by atoms with van der Waals surface area (Å²) in [5.74, 6) is 1.33. The first-order valence-electron chi connectivity index (χ1n) is 6.62. The maximum absolute atomic E-state index is 12.1. The number of aromatic nitrogens is 3. The van der Waals surface area contributed by atoms with Gasteiger partial charge in [-0.1, -0.05) is 11.8 Å². The van der Waals surface area contributed by atoms with E-state index in [9.17, 15) is 4.79 Å². The normalized spacial score (nSPS) is 10.6. The van der Waals surface area contributed by atoms with E-state index in [1.54, 1.807) is 54.6 Å². The summed E-state index contributed by atoms with van der Waals surface area (Å²) < 4.78 is 7.50. The molecule has 0 aliphatic carbocycles. The van der Waals surface area contributed by atoms with E-state index in [2.05, 4.69) is 15.3 Å². The first-order valence-corrected chi connectivity index (χ1v) is 7.61. The van der Waals surface area contributed by atoms with Crippen molar-refractivity contribution >= 4 is 23.4 Å². The van der Waals surface area contributed by atoms with Gasteiger partial charge in [0.15, 0.2) is 10.9 Å². The van der Waals surface area contributed by atoms with Gasteiger partial charge >= 0.3 is 0 Å². The van der Waals surface area contributed by atoms with Crippen molar-refractivity contribution in [2.75, 3.05) is 5.32 Å². The molecule has 0 atom stereocenters. The fraction of sp³-hybridized carbons (Fsp3) is 0.133. The number of furan rings is 1. The molecule has 0 aromatic carbocycles. The maximum atomic E-state index is 12.1. The largest absolute Gasteiger partial charge is 0.455 e. The average molecular weight is 314 g/mol. The minimum absolute atomic E-state index is 0.277. The number of pyridine rings is 1. The Kier molecular flexibility index (Phi) is 4.24. The quantitative estimate of drug-likeness (QED) is 0.733. The number of nitrogens with one attached hydrogen (secondary N) is 1. The van der Waals surface area contributed by atoms with Crippen LogP contribution in [0.4, 0.5) is 5.69 Å². The van der Waals surface area contributed by atoms with Crippen LogP contribution in [-0.2, 0) is 12.8 Å². The highest BCUT2D eigenvalue weighted by Crippen LogP contribution is 2.22. The molecule has 1 N–H and O–H groups in total. The third kappa shape index (κ3) is 3.37. The molecule has 0 unspecified atom stereocenters. The zero-order chi connectivity index (χ0) is 15.4. The second-order valence-electron chi connectivity index (χ2n) is 4.57. The van der Waals surface area contributed by atoms with Crippen LogP contribution in [0.5, 0.6) is 0 Å². The van der Waals surface area contributed by atoms with Gasteiger partial charge < -0.3 is 14.3 Å². The van der Waals surface area contributed by atoms with Gasteiger partial charge in [0.05, 0.1) is 17.6 Å². The fourth-order valence-corrected chi connectivity index (χ4v) is 2.66. The van der Waals surface area contributed by atoms with Crippen molar-refractivity contribution in [1.82, 2.24) is 14.5 Å². The van der Waals surface area contributed by atoms with Crippen molar-refractivity contribution in [3.8, 4) is 0 Å². The molecule has 0 bridgehead atoms. The summed E-state index contributed by atoms with van der Waals surface area (Å²) in [5, 5.41) is 3.63. The van der Waals surface area contributed by atoms with E-state index in [0.717, 1.165) is 10.9 Å². The topological polar surface area (TPSA) is 73.0 Å². The summed E-state index contributed by atoms with van der Waals surface area (Å²) in [4.78, 5) is 20.2. The first-order chi connectivity index (χ1) is 10.7. The van der Waals surface area contributed by atoms with E-state index in [1.807, 2.05) is 17.8 Å². The predicted molar refractivity (Wildman–Crippen MR) is 83.7 cm³/mol. The average Bonchev–Trinajstić information content (AvgIpc) is 3.15. The van der Waals surface area contributed by atoms with Crippen LogP contribution in [0.15, 0.2) is 58.6 Å². The SMILES string of the molecule is Cn1ccnc1SCc1ccc(C(=O)Nc2cccnc2)o1. The summed E-state index contributed by atoms with van der Waals surface area (Å²) >= 11 is 1.55. The predicted octanol–water partition coefficient (Wildman–Crippen LogP) is 2.95. The van der Waals surface area contributed by atoms with Gasteiger partial charge in [-0.25, -0.2) is 4.98 Å². The van der Waals surface area contributed by atoms with Crippen LogP contribution < -0.4 is 5.32 Å². The van der Waals surface area contributed by atoms with E-state index in [1.165, 1.54) is 0 Å². The van der Waals surface area contributed by atoms with Crippen molar-refractivity contribution < 1.29 is 9.21 Å². The van der Waals surface area contributed by atoms with E-state index in [4.69, 9.17) is 4.42 Å². The van der Waals surface area contributed by atoms with Crippen LogP contribution in [0.3, 0.4) is 0 Å². The van der Waals surface area contributed by atoms with Gasteiger partial charge in [0, 0.05) is 25.6 Å². The number of amides is 1. The lowest BCUT2D eigenvalue weighted by Gasteiger charge is -2.02. The Morgan fingerprint density at radius 1 is 1.36 bits per heavy atom. The van der Waals surface area contributed by atoms with Crippen molar-refractivity contribution in [2.24, 2.45) is 7.05 Å². The summed E-state index contributed by atoms with van der Waals surface area (Å²) in [6, 6.07) is 6.99. The molecular formula is C15H14N4O2S. The summed E-state index contributed by atoms with van der Waals surface area (Å²) in [7, 11) is 1.93. The fourth-order valence-electron chi connectivity index (χ4n) is 1.83. The number of carbonyl (C=O) groups is 1. The van der Waals surface area contributed by atoms with Crippen LogP contribution in [0, 0.1) is 0 Å². The molecule has 6 nitrogen and oxygen atoms in total. The molecule has 0 saturated carbocycles. The molecule has 0 saturated heterocycles. The first kappa shape index (κ1) is 14.4. The van der Waals surface area contributed by atoms with E-state index in [0.29, 0.717) is 11.4 Å². The molecule has 3 heterocycles. The van der Waals surface area contributed by atoms with E-state index >= 15 is 0 Å². The monoisotopic (exact) mass is 314 g/mol. The number of hydrogen-bond donors (Lipinski definition) is 1. The van der Waals surface area contributed by atoms with Crippen molar-refractivity contribution in [2.45, 2.75) is 10.9 Å². The Balaban J connectivity index is 1.61. The van der Waals surface area contributed by atoms with Gasteiger partial charge in [0.2, 0.25) is 0 Å². The van der Waals surface area contributed by atoms with Crippen molar-refractivity contribution in [3.05, 3.63) is 60.6 Å². The Morgan fingerprint density at radius 3 is 3.00 bits per heavy atom. The highest BCUT2D eigenvalue weighted by Gasteiger charge is 2.12. The molecule has 0 radical (unpaired) electrons. The second kappa shape index (κ2) is 6.48. The number of aryl methyl sites for hydroxylation is 1.